The van der Waals surface area contributed by atoms with Crippen LogP contribution in [0.4, 0.5) is 5.69 Å². The Bertz CT molecular complexity index is 749. The van der Waals surface area contributed by atoms with Gasteiger partial charge in [-0.15, -0.1) is 0 Å². The molecule has 1 fully saturated rings. The lowest BCUT2D eigenvalue weighted by Gasteiger charge is -2.36. The number of hydrogen-bond acceptors (Lipinski definition) is 4. The van der Waals surface area contributed by atoms with E-state index in [1.807, 2.05) is 0 Å². The summed E-state index contributed by atoms with van der Waals surface area (Å²) in [6.07, 6.45) is 3.21. The second-order valence-corrected chi connectivity index (χ2v) is 7.55. The number of hydrogen-bond donors (Lipinski definition) is 0. The first-order valence-corrected chi connectivity index (χ1v) is 10.1. The average molecular weight is 364 g/mol. The van der Waals surface area contributed by atoms with Crippen LogP contribution in [-0.2, 0) is 11.4 Å². The number of anilines is 1. The Morgan fingerprint density at radius 2 is 1.70 bits per heavy atom. The number of oxime groups is 1. The fourth-order valence-corrected chi connectivity index (χ4v) is 3.95. The maximum atomic E-state index is 5.63. The van der Waals surface area contributed by atoms with Crippen LogP contribution in [0.1, 0.15) is 43.4 Å². The molecule has 0 spiro atoms. The zero-order valence-corrected chi connectivity index (χ0v) is 16.2. The van der Waals surface area contributed by atoms with Gasteiger partial charge in [-0.2, -0.15) is 0 Å². The minimum absolute atomic E-state index is 0.100. The number of nitrogens with zero attached hydrogens (tertiary/aromatic N) is 3. The van der Waals surface area contributed by atoms with E-state index in [-0.39, 0.29) is 6.10 Å². The Labute approximate surface area is 162 Å². The maximum absolute atomic E-state index is 5.63. The molecule has 0 N–H and O–H groups in total. The summed E-state index contributed by atoms with van der Waals surface area (Å²) in [6.45, 7) is 7.61. The summed E-state index contributed by atoms with van der Waals surface area (Å²) in [5.74, 6) is 0. The van der Waals surface area contributed by atoms with Crippen LogP contribution in [0.2, 0.25) is 0 Å². The largest absolute Gasteiger partial charge is 0.387 e. The molecule has 0 bridgehead atoms. The predicted octanol–water partition coefficient (Wildman–Crippen LogP) is 4.63. The summed E-state index contributed by atoms with van der Waals surface area (Å²) in [7, 11) is 0. The van der Waals surface area contributed by atoms with Crippen LogP contribution in [0, 0.1) is 0 Å². The van der Waals surface area contributed by atoms with Crippen molar-refractivity contribution in [3.05, 3.63) is 65.7 Å². The molecule has 1 atom stereocenters. The van der Waals surface area contributed by atoms with E-state index in [9.17, 15) is 0 Å². The van der Waals surface area contributed by atoms with Gasteiger partial charge in [-0.3, -0.25) is 4.90 Å². The third kappa shape index (κ3) is 4.51. The van der Waals surface area contributed by atoms with E-state index in [0.29, 0.717) is 0 Å². The highest BCUT2D eigenvalue weighted by Crippen LogP contribution is 2.30. The summed E-state index contributed by atoms with van der Waals surface area (Å²) >= 11 is 0. The molecule has 2 aliphatic heterocycles. The summed E-state index contributed by atoms with van der Waals surface area (Å²) in [6, 6.07) is 19.7. The molecule has 2 aromatic rings. The first kappa shape index (κ1) is 18.1. The molecule has 142 valence electrons. The summed E-state index contributed by atoms with van der Waals surface area (Å²) in [5, 5.41) is 4.24. The van der Waals surface area contributed by atoms with Gasteiger partial charge in [0.1, 0.15) is 0 Å². The van der Waals surface area contributed by atoms with Crippen LogP contribution in [0.3, 0.4) is 0 Å². The van der Waals surface area contributed by atoms with Gasteiger partial charge < -0.3 is 9.74 Å². The van der Waals surface area contributed by atoms with E-state index in [1.54, 1.807) is 0 Å². The van der Waals surface area contributed by atoms with Gasteiger partial charge in [-0.1, -0.05) is 61.0 Å². The Hall–Kier alpha value is -2.33. The lowest BCUT2D eigenvalue weighted by atomic mass is 10.0. The predicted molar refractivity (Wildman–Crippen MR) is 111 cm³/mol. The van der Waals surface area contributed by atoms with E-state index >= 15 is 0 Å². The van der Waals surface area contributed by atoms with Crippen LogP contribution >= 0.6 is 0 Å². The van der Waals surface area contributed by atoms with E-state index < -0.39 is 0 Å². The molecule has 2 heterocycles. The van der Waals surface area contributed by atoms with Gasteiger partial charge in [0.15, 0.2) is 6.10 Å². The van der Waals surface area contributed by atoms with Gasteiger partial charge >= 0.3 is 0 Å². The molecule has 4 heteroatoms. The van der Waals surface area contributed by atoms with Gasteiger partial charge in [0, 0.05) is 44.8 Å². The van der Waals surface area contributed by atoms with Gasteiger partial charge in [-0.25, -0.2) is 0 Å². The van der Waals surface area contributed by atoms with Crippen molar-refractivity contribution in [1.82, 2.24) is 4.90 Å². The number of rotatable bonds is 6. The SMILES string of the molecule is CCCC1=NOC(c2ccc(N3CCN(Cc4ccccc4)CC3)cc2)C1. The lowest BCUT2D eigenvalue weighted by Crippen LogP contribution is -2.45. The molecule has 2 aromatic carbocycles. The second-order valence-electron chi connectivity index (χ2n) is 7.55. The minimum Gasteiger partial charge on any atom is -0.387 e. The van der Waals surface area contributed by atoms with Gasteiger partial charge in [-0.05, 0) is 29.7 Å². The van der Waals surface area contributed by atoms with Crippen LogP contribution in [0.5, 0.6) is 0 Å². The van der Waals surface area contributed by atoms with Crippen molar-refractivity contribution < 1.29 is 4.84 Å². The molecule has 2 aliphatic rings. The maximum Gasteiger partial charge on any atom is 0.157 e. The fourth-order valence-electron chi connectivity index (χ4n) is 3.95. The Balaban J connectivity index is 1.29. The van der Waals surface area contributed by atoms with Crippen LogP contribution in [-0.4, -0.2) is 36.8 Å². The van der Waals surface area contributed by atoms with Crippen molar-refractivity contribution >= 4 is 11.4 Å². The summed E-state index contributed by atoms with van der Waals surface area (Å²) in [5.41, 5.74) is 5.14. The number of piperazine rings is 1. The molecule has 27 heavy (non-hydrogen) atoms. The fraction of sp³-hybridized carbons (Fsp3) is 0.435. The molecule has 1 unspecified atom stereocenters. The lowest BCUT2D eigenvalue weighted by molar-refractivity contribution is 0.0857. The molecule has 4 nitrogen and oxygen atoms in total. The van der Waals surface area contributed by atoms with Crippen LogP contribution in [0.15, 0.2) is 59.8 Å². The average Bonchev–Trinajstić information content (AvgIpc) is 3.19. The first-order chi connectivity index (χ1) is 13.3. The molecule has 0 radical (unpaired) electrons. The topological polar surface area (TPSA) is 28.1 Å². The number of benzene rings is 2. The zero-order chi connectivity index (χ0) is 18.5. The summed E-state index contributed by atoms with van der Waals surface area (Å²) < 4.78 is 0. The van der Waals surface area contributed by atoms with Crippen molar-refractivity contribution in [2.24, 2.45) is 5.16 Å². The quantitative estimate of drug-likeness (QED) is 0.749. The van der Waals surface area contributed by atoms with Crippen molar-refractivity contribution in [2.45, 2.75) is 38.8 Å². The van der Waals surface area contributed by atoms with E-state index in [2.05, 4.69) is 76.5 Å². The highest BCUT2D eigenvalue weighted by molar-refractivity contribution is 5.85. The minimum atomic E-state index is 0.100. The molecule has 1 saturated heterocycles. The second kappa shape index (κ2) is 8.57. The molecule has 0 aliphatic carbocycles. The third-order valence-corrected chi connectivity index (χ3v) is 5.52. The van der Waals surface area contributed by atoms with Crippen LogP contribution < -0.4 is 4.90 Å². The Kier molecular flexibility index (Phi) is 5.73. The van der Waals surface area contributed by atoms with Crippen molar-refractivity contribution in [3.63, 3.8) is 0 Å². The molecule has 0 aromatic heterocycles. The smallest absolute Gasteiger partial charge is 0.157 e. The van der Waals surface area contributed by atoms with Crippen LogP contribution in [0.25, 0.3) is 0 Å². The van der Waals surface area contributed by atoms with Gasteiger partial charge in [0.25, 0.3) is 0 Å². The van der Waals surface area contributed by atoms with E-state index in [1.165, 1.54) is 22.5 Å². The first-order valence-electron chi connectivity index (χ1n) is 10.1. The molecular weight excluding hydrogens is 334 g/mol. The summed E-state index contributed by atoms with van der Waals surface area (Å²) in [4.78, 5) is 10.7. The molecule has 0 saturated carbocycles. The standard InChI is InChI=1S/C23H29N3O/c1-2-6-21-17-23(27-24-21)20-9-11-22(12-10-20)26-15-13-25(14-16-26)18-19-7-4-3-5-8-19/h3-5,7-12,23H,2,6,13-18H2,1H3. The normalized spacial score (nSPS) is 20.4. The molecule has 4 rings (SSSR count). The highest BCUT2D eigenvalue weighted by Gasteiger charge is 2.23. The third-order valence-electron chi connectivity index (χ3n) is 5.52. The van der Waals surface area contributed by atoms with Gasteiger partial charge in [0.05, 0.1) is 5.71 Å². The van der Waals surface area contributed by atoms with E-state index in [4.69, 9.17) is 4.84 Å². The van der Waals surface area contributed by atoms with Gasteiger partial charge in [0.2, 0.25) is 0 Å². The zero-order valence-electron chi connectivity index (χ0n) is 16.2. The van der Waals surface area contributed by atoms with E-state index in [0.717, 1.165) is 52.0 Å². The Morgan fingerprint density at radius 3 is 2.41 bits per heavy atom. The Morgan fingerprint density at radius 1 is 0.963 bits per heavy atom. The van der Waals surface area contributed by atoms with Crippen molar-refractivity contribution in [3.8, 4) is 0 Å². The monoisotopic (exact) mass is 363 g/mol. The van der Waals surface area contributed by atoms with Crippen molar-refractivity contribution in [1.29, 1.82) is 0 Å². The highest BCUT2D eigenvalue weighted by atomic mass is 16.6. The molecular formula is C23H29N3O. The molecule has 0 amide bonds. The van der Waals surface area contributed by atoms with Crippen molar-refractivity contribution in [2.75, 3.05) is 31.1 Å².